The van der Waals surface area contributed by atoms with Gasteiger partial charge >= 0.3 is 0 Å². The Morgan fingerprint density at radius 3 is 2.41 bits per heavy atom. The maximum atomic E-state index is 10.2. The molecule has 124 valence electrons. The molecule has 0 saturated carbocycles. The van der Waals surface area contributed by atoms with Crippen LogP contribution in [0.3, 0.4) is 0 Å². The second kappa shape index (κ2) is 7.09. The minimum absolute atomic E-state index is 0.167. The van der Waals surface area contributed by atoms with Crippen LogP contribution in [0.4, 0.5) is 0 Å². The summed E-state index contributed by atoms with van der Waals surface area (Å²) in [7, 11) is 0. The third-order valence-corrected chi connectivity index (χ3v) is 4.38. The normalized spacial score (nSPS) is 23.7. The van der Waals surface area contributed by atoms with E-state index < -0.39 is 11.2 Å². The molecule has 0 radical (unpaired) electrons. The lowest BCUT2D eigenvalue weighted by Crippen LogP contribution is -2.49. The van der Waals surface area contributed by atoms with Gasteiger partial charge in [-0.3, -0.25) is 4.90 Å². The Hall–Kier alpha value is -0.940. The van der Waals surface area contributed by atoms with E-state index in [1.807, 2.05) is 13.8 Å². The molecule has 1 aromatic rings. The lowest BCUT2D eigenvalue weighted by Gasteiger charge is -2.38. The van der Waals surface area contributed by atoms with Gasteiger partial charge in [-0.2, -0.15) is 0 Å². The quantitative estimate of drug-likeness (QED) is 0.749. The molecular weight excluding hydrogens is 278 g/mol. The number of rotatable bonds is 6. The molecule has 1 aliphatic rings. The van der Waals surface area contributed by atoms with Crippen LogP contribution in [0.15, 0.2) is 24.3 Å². The first kappa shape index (κ1) is 17.4. The molecule has 1 atom stereocenters. The molecular formula is C18H29NO3. The highest BCUT2D eigenvalue weighted by Crippen LogP contribution is 2.22. The fourth-order valence-electron chi connectivity index (χ4n) is 2.99. The van der Waals surface area contributed by atoms with Crippen molar-refractivity contribution >= 4 is 0 Å². The smallest absolute Gasteiger partial charge is 0.100 e. The number of likely N-dealkylation sites (tertiary alicyclic amines) is 1. The first-order valence-electron chi connectivity index (χ1n) is 8.15. The predicted octanol–water partition coefficient (Wildman–Crippen LogP) is 1.71. The average Bonchev–Trinajstić information content (AvgIpc) is 2.46. The largest absolute Gasteiger partial charge is 0.393 e. The van der Waals surface area contributed by atoms with Gasteiger partial charge in [0.15, 0.2) is 0 Å². The van der Waals surface area contributed by atoms with E-state index in [0.717, 1.165) is 32.4 Å². The summed E-state index contributed by atoms with van der Waals surface area (Å²) in [4.78, 5) is 2.20. The van der Waals surface area contributed by atoms with E-state index in [2.05, 4.69) is 29.2 Å². The van der Waals surface area contributed by atoms with E-state index >= 15 is 0 Å². The van der Waals surface area contributed by atoms with Crippen LogP contribution in [0.25, 0.3) is 0 Å². The first-order valence-corrected chi connectivity index (χ1v) is 8.15. The second-order valence-electron chi connectivity index (χ2n) is 7.33. The van der Waals surface area contributed by atoms with Crippen molar-refractivity contribution in [2.45, 2.75) is 57.3 Å². The van der Waals surface area contributed by atoms with Crippen molar-refractivity contribution < 1.29 is 15.3 Å². The molecule has 0 bridgehead atoms. The van der Waals surface area contributed by atoms with E-state index in [1.165, 1.54) is 11.1 Å². The van der Waals surface area contributed by atoms with E-state index in [9.17, 15) is 15.3 Å². The van der Waals surface area contributed by atoms with Crippen molar-refractivity contribution in [3.63, 3.8) is 0 Å². The van der Waals surface area contributed by atoms with Crippen LogP contribution in [0.5, 0.6) is 0 Å². The monoisotopic (exact) mass is 307 g/mol. The fourth-order valence-corrected chi connectivity index (χ4v) is 2.99. The lowest BCUT2D eigenvalue weighted by molar-refractivity contribution is -0.0687. The summed E-state index contributed by atoms with van der Waals surface area (Å²) in [6, 6.07) is 8.46. The Bertz CT molecular complexity index is 466. The van der Waals surface area contributed by atoms with Gasteiger partial charge in [-0.15, -0.1) is 0 Å². The average molecular weight is 307 g/mol. The number of hydrogen-bond donors (Lipinski definition) is 3. The van der Waals surface area contributed by atoms with E-state index in [1.54, 1.807) is 0 Å². The van der Waals surface area contributed by atoms with Gasteiger partial charge in [0.25, 0.3) is 0 Å². The van der Waals surface area contributed by atoms with Crippen molar-refractivity contribution in [3.05, 3.63) is 35.4 Å². The molecule has 0 amide bonds. The van der Waals surface area contributed by atoms with Gasteiger partial charge in [0.1, 0.15) is 5.60 Å². The van der Waals surface area contributed by atoms with Crippen molar-refractivity contribution in [2.75, 3.05) is 19.7 Å². The second-order valence-corrected chi connectivity index (χ2v) is 7.33. The predicted molar refractivity (Wildman–Crippen MR) is 87.6 cm³/mol. The lowest BCUT2D eigenvalue weighted by atomic mass is 9.93. The van der Waals surface area contributed by atoms with E-state index in [0.29, 0.717) is 13.0 Å². The van der Waals surface area contributed by atoms with Crippen LogP contribution in [0.1, 0.15) is 44.2 Å². The molecule has 1 fully saturated rings. The highest BCUT2D eigenvalue weighted by Gasteiger charge is 2.32. The maximum Gasteiger partial charge on any atom is 0.100 e. The zero-order valence-electron chi connectivity index (χ0n) is 13.8. The molecule has 3 N–H and O–H groups in total. The summed E-state index contributed by atoms with van der Waals surface area (Å²) in [6.07, 6.45) is 3.22. The number of hydrogen-bond acceptors (Lipinski definition) is 4. The van der Waals surface area contributed by atoms with Crippen LogP contribution in [0.2, 0.25) is 0 Å². The van der Waals surface area contributed by atoms with Gasteiger partial charge in [0, 0.05) is 13.1 Å². The third-order valence-electron chi connectivity index (χ3n) is 4.38. The number of aliphatic hydroxyl groups is 3. The molecule has 4 heteroatoms. The summed E-state index contributed by atoms with van der Waals surface area (Å²) >= 11 is 0. The molecule has 0 spiro atoms. The zero-order valence-corrected chi connectivity index (χ0v) is 13.8. The van der Waals surface area contributed by atoms with Crippen molar-refractivity contribution in [2.24, 2.45) is 0 Å². The number of β-amino-alcohol motifs (C(OH)–C–C–N with tert-alkyl or cyclic N) is 1. The molecule has 1 saturated heterocycles. The zero-order chi connectivity index (χ0) is 16.2. The molecule has 1 heterocycles. The fraction of sp³-hybridized carbons (Fsp3) is 0.667. The molecule has 0 aliphatic carbocycles. The minimum atomic E-state index is -0.940. The number of benzene rings is 1. The number of aliphatic hydroxyl groups excluding tert-OH is 1. The van der Waals surface area contributed by atoms with Gasteiger partial charge in [0.2, 0.25) is 0 Å². The molecule has 1 aromatic carbocycles. The summed E-state index contributed by atoms with van der Waals surface area (Å²) in [5.41, 5.74) is 0.886. The molecule has 4 nitrogen and oxygen atoms in total. The highest BCUT2D eigenvalue weighted by molar-refractivity contribution is 5.23. The van der Waals surface area contributed by atoms with Gasteiger partial charge < -0.3 is 15.3 Å². The highest BCUT2D eigenvalue weighted by atomic mass is 16.3. The number of piperidine rings is 1. The number of aryl methyl sites for hydroxylation is 1. The summed E-state index contributed by atoms with van der Waals surface area (Å²) in [6.45, 7) is 5.79. The summed E-state index contributed by atoms with van der Waals surface area (Å²) in [5, 5.41) is 29.3. The molecule has 2 rings (SSSR count). The molecule has 1 unspecified atom stereocenters. The molecule has 22 heavy (non-hydrogen) atoms. The maximum absolute atomic E-state index is 10.2. The Kier molecular flexibility index (Phi) is 5.61. The Morgan fingerprint density at radius 1 is 1.18 bits per heavy atom. The Morgan fingerprint density at radius 2 is 1.82 bits per heavy atom. The standard InChI is InChI=1S/C18H29NO3/c1-17(2,21)10-8-15-4-6-16(7-5-15)12-19-11-3-9-18(22,13-19)14-20/h4-7,20-22H,3,8-14H2,1-2H3. The van der Waals surface area contributed by atoms with Gasteiger partial charge in [-0.25, -0.2) is 0 Å². The third kappa shape index (κ3) is 5.36. The first-order chi connectivity index (χ1) is 10.3. The van der Waals surface area contributed by atoms with Crippen LogP contribution < -0.4 is 0 Å². The number of nitrogens with zero attached hydrogens (tertiary/aromatic N) is 1. The van der Waals surface area contributed by atoms with Gasteiger partial charge in [0.05, 0.1) is 12.2 Å². The Labute approximate surface area is 133 Å². The summed E-state index contributed by atoms with van der Waals surface area (Å²) in [5.74, 6) is 0. The SMILES string of the molecule is CC(C)(O)CCc1ccc(CN2CCCC(O)(CO)C2)cc1. The van der Waals surface area contributed by atoms with Crippen molar-refractivity contribution in [3.8, 4) is 0 Å². The van der Waals surface area contributed by atoms with Crippen LogP contribution in [-0.2, 0) is 13.0 Å². The Balaban J connectivity index is 1.88. The van der Waals surface area contributed by atoms with Gasteiger partial charge in [-0.05, 0) is 57.2 Å². The molecule has 0 aromatic heterocycles. The van der Waals surface area contributed by atoms with Gasteiger partial charge in [-0.1, -0.05) is 24.3 Å². The van der Waals surface area contributed by atoms with Crippen molar-refractivity contribution in [1.29, 1.82) is 0 Å². The van der Waals surface area contributed by atoms with Crippen LogP contribution in [-0.4, -0.2) is 51.1 Å². The topological polar surface area (TPSA) is 63.9 Å². The minimum Gasteiger partial charge on any atom is -0.393 e. The van der Waals surface area contributed by atoms with E-state index in [-0.39, 0.29) is 6.61 Å². The van der Waals surface area contributed by atoms with Crippen LogP contribution in [0, 0.1) is 0 Å². The van der Waals surface area contributed by atoms with Crippen molar-refractivity contribution in [1.82, 2.24) is 4.90 Å². The van der Waals surface area contributed by atoms with Crippen LogP contribution >= 0.6 is 0 Å². The van der Waals surface area contributed by atoms with E-state index in [4.69, 9.17) is 0 Å². The molecule has 1 aliphatic heterocycles. The summed E-state index contributed by atoms with van der Waals surface area (Å²) < 4.78 is 0.